The van der Waals surface area contributed by atoms with E-state index in [1.54, 1.807) is 6.20 Å². The van der Waals surface area contributed by atoms with Crippen LogP contribution in [-0.2, 0) is 0 Å². The predicted octanol–water partition coefficient (Wildman–Crippen LogP) is 2.74. The van der Waals surface area contributed by atoms with Crippen LogP contribution in [0.3, 0.4) is 0 Å². The van der Waals surface area contributed by atoms with Crippen LogP contribution >= 0.6 is 0 Å². The fourth-order valence-electron chi connectivity index (χ4n) is 1.46. The van der Waals surface area contributed by atoms with Gasteiger partial charge in [0.1, 0.15) is 5.82 Å². The molecule has 0 aliphatic carbocycles. The molecule has 0 spiro atoms. The number of hydrogen-bond donors (Lipinski definition) is 2. The van der Waals surface area contributed by atoms with Crippen LogP contribution in [-0.4, -0.2) is 18.2 Å². The van der Waals surface area contributed by atoms with Crippen molar-refractivity contribution < 1.29 is 5.11 Å². The van der Waals surface area contributed by atoms with Gasteiger partial charge in [0.2, 0.25) is 0 Å². The van der Waals surface area contributed by atoms with Crippen molar-refractivity contribution in [3.63, 3.8) is 0 Å². The highest BCUT2D eigenvalue weighted by atomic mass is 28.3. The Labute approximate surface area is 98.7 Å². The molecule has 0 saturated heterocycles. The number of pyridine rings is 1. The maximum atomic E-state index is 10.5. The molecule has 1 rings (SSSR count). The molecule has 0 amide bonds. The van der Waals surface area contributed by atoms with Gasteiger partial charge in [-0.05, 0) is 11.1 Å². The molecule has 0 saturated carbocycles. The number of rotatable bonds is 2. The Kier molecular flexibility index (Phi) is 3.45. The molecule has 1 aromatic heterocycles. The Bertz CT molecular complexity index is 372. The summed E-state index contributed by atoms with van der Waals surface area (Å²) in [4.78, 5) is 4.04. The lowest BCUT2D eigenvalue weighted by molar-refractivity contribution is 0.243. The van der Waals surface area contributed by atoms with Crippen LogP contribution in [0.25, 0.3) is 0 Å². The van der Waals surface area contributed by atoms with E-state index in [1.165, 1.54) is 0 Å². The maximum absolute atomic E-state index is 10.5. The van der Waals surface area contributed by atoms with Gasteiger partial charge in [0, 0.05) is 11.8 Å². The normalized spacial score (nSPS) is 14.9. The number of nitrogens with two attached hydrogens (primary N) is 1. The third-order valence-electron chi connectivity index (χ3n) is 3.78. The number of hydrogen-bond acceptors (Lipinski definition) is 3. The molecule has 0 bridgehead atoms. The second-order valence-corrected chi connectivity index (χ2v) is 11.3. The summed E-state index contributed by atoms with van der Waals surface area (Å²) >= 11 is 0. The number of nitrogen functional groups attached to an aromatic ring is 1. The number of anilines is 1. The van der Waals surface area contributed by atoms with Crippen molar-refractivity contribution in [3.05, 3.63) is 23.9 Å². The van der Waals surface area contributed by atoms with E-state index in [1.807, 2.05) is 12.1 Å². The lowest BCUT2D eigenvalue weighted by atomic mass is 10.2. The molecule has 1 atom stereocenters. The van der Waals surface area contributed by atoms with E-state index >= 15 is 0 Å². The summed E-state index contributed by atoms with van der Waals surface area (Å²) in [5.41, 5.74) is 6.11. The van der Waals surface area contributed by atoms with Crippen LogP contribution in [0.2, 0.25) is 18.1 Å². The summed E-state index contributed by atoms with van der Waals surface area (Å²) in [6.07, 6.45) is 1.65. The molecule has 1 aromatic rings. The van der Waals surface area contributed by atoms with Crippen molar-refractivity contribution in [2.24, 2.45) is 0 Å². The fraction of sp³-hybridized carbons (Fsp3) is 0.583. The molecule has 3 N–H and O–H groups in total. The van der Waals surface area contributed by atoms with Gasteiger partial charge in [0.05, 0.1) is 13.8 Å². The van der Waals surface area contributed by atoms with E-state index in [-0.39, 0.29) is 5.04 Å². The van der Waals surface area contributed by atoms with E-state index in [0.29, 0.717) is 5.82 Å². The predicted molar refractivity (Wildman–Crippen MR) is 70.8 cm³/mol. The molecule has 0 radical (unpaired) electrons. The van der Waals surface area contributed by atoms with E-state index in [0.717, 1.165) is 5.56 Å². The molecule has 1 heterocycles. The third kappa shape index (κ3) is 2.28. The number of aliphatic hydroxyl groups excluding tert-OH is 1. The maximum Gasteiger partial charge on any atom is 0.128 e. The highest BCUT2D eigenvalue weighted by Gasteiger charge is 2.42. The summed E-state index contributed by atoms with van der Waals surface area (Å²) < 4.78 is 0. The van der Waals surface area contributed by atoms with Gasteiger partial charge in [-0.3, -0.25) is 0 Å². The first-order valence-corrected chi connectivity index (χ1v) is 8.64. The van der Waals surface area contributed by atoms with Gasteiger partial charge in [-0.15, -0.1) is 0 Å². The Morgan fingerprint density at radius 2 is 1.94 bits per heavy atom. The minimum atomic E-state index is -1.84. The van der Waals surface area contributed by atoms with Crippen LogP contribution in [0.1, 0.15) is 32.1 Å². The molecule has 1 unspecified atom stereocenters. The van der Waals surface area contributed by atoms with Crippen LogP contribution in [0, 0.1) is 0 Å². The Hall–Kier alpha value is -0.873. The van der Waals surface area contributed by atoms with Crippen molar-refractivity contribution >= 4 is 13.9 Å². The second-order valence-electron chi connectivity index (χ2n) is 5.85. The monoisotopic (exact) mass is 238 g/mol. The van der Waals surface area contributed by atoms with Crippen LogP contribution in [0.4, 0.5) is 5.82 Å². The van der Waals surface area contributed by atoms with E-state index in [9.17, 15) is 5.11 Å². The smallest absolute Gasteiger partial charge is 0.128 e. The zero-order valence-corrected chi connectivity index (χ0v) is 11.8. The number of aromatic nitrogens is 1. The van der Waals surface area contributed by atoms with E-state index in [2.05, 4.69) is 38.8 Å². The zero-order chi connectivity index (χ0) is 12.6. The first-order chi connectivity index (χ1) is 7.18. The molecule has 90 valence electrons. The second kappa shape index (κ2) is 4.18. The molecule has 0 aliphatic heterocycles. The SMILES string of the molecule is CC(C)(C)[Si](C)(C)C(O)c1cccnc1N. The first-order valence-electron chi connectivity index (χ1n) is 5.56. The van der Waals surface area contributed by atoms with Crippen molar-refractivity contribution in [3.8, 4) is 0 Å². The van der Waals surface area contributed by atoms with Gasteiger partial charge in [-0.2, -0.15) is 0 Å². The van der Waals surface area contributed by atoms with Crippen molar-refractivity contribution in [1.29, 1.82) is 0 Å². The number of aliphatic hydroxyl groups is 1. The molecule has 4 heteroatoms. The molecule has 16 heavy (non-hydrogen) atoms. The van der Waals surface area contributed by atoms with Gasteiger partial charge in [0.25, 0.3) is 0 Å². The van der Waals surface area contributed by atoms with Gasteiger partial charge in [-0.25, -0.2) is 4.98 Å². The summed E-state index contributed by atoms with van der Waals surface area (Å²) in [7, 11) is -1.84. The molecule has 0 aromatic carbocycles. The van der Waals surface area contributed by atoms with Crippen LogP contribution < -0.4 is 5.73 Å². The molecular weight excluding hydrogens is 216 g/mol. The Morgan fingerprint density at radius 3 is 2.38 bits per heavy atom. The van der Waals surface area contributed by atoms with Gasteiger partial charge in [0.15, 0.2) is 0 Å². The minimum absolute atomic E-state index is 0.120. The Balaban J connectivity index is 3.12. The highest BCUT2D eigenvalue weighted by molar-refractivity contribution is 6.81. The largest absolute Gasteiger partial charge is 0.392 e. The lowest BCUT2D eigenvalue weighted by Gasteiger charge is -2.40. The fourth-order valence-corrected chi connectivity index (χ4v) is 3.30. The Morgan fingerprint density at radius 1 is 1.38 bits per heavy atom. The van der Waals surface area contributed by atoms with Gasteiger partial charge < -0.3 is 10.8 Å². The van der Waals surface area contributed by atoms with Crippen molar-refractivity contribution in [2.75, 3.05) is 5.73 Å². The summed E-state index contributed by atoms with van der Waals surface area (Å²) in [5, 5.41) is 10.6. The van der Waals surface area contributed by atoms with E-state index < -0.39 is 13.8 Å². The van der Waals surface area contributed by atoms with Crippen LogP contribution in [0.15, 0.2) is 18.3 Å². The van der Waals surface area contributed by atoms with E-state index in [4.69, 9.17) is 5.73 Å². The summed E-state index contributed by atoms with van der Waals surface area (Å²) in [6.45, 7) is 10.9. The molecule has 3 nitrogen and oxygen atoms in total. The molecular formula is C12H22N2OSi. The van der Waals surface area contributed by atoms with Crippen molar-refractivity contribution in [1.82, 2.24) is 4.98 Å². The zero-order valence-electron chi connectivity index (χ0n) is 10.8. The van der Waals surface area contributed by atoms with Crippen molar-refractivity contribution in [2.45, 2.75) is 44.6 Å². The standard InChI is InChI=1S/C12H22N2OSi/c1-12(2,3)16(4,5)11(15)9-7-6-8-14-10(9)13/h6-8,11,15H,1-5H3,(H2,13,14). The first kappa shape index (κ1) is 13.2. The average molecular weight is 238 g/mol. The topological polar surface area (TPSA) is 59.1 Å². The highest BCUT2D eigenvalue weighted by Crippen LogP contribution is 2.44. The van der Waals surface area contributed by atoms with Gasteiger partial charge >= 0.3 is 0 Å². The molecule has 0 fully saturated rings. The summed E-state index contributed by atoms with van der Waals surface area (Å²) in [5.74, 6) is 0.444. The third-order valence-corrected chi connectivity index (χ3v) is 9.33. The lowest BCUT2D eigenvalue weighted by Crippen LogP contribution is -2.44. The number of nitrogens with zero attached hydrogens (tertiary/aromatic N) is 1. The van der Waals surface area contributed by atoms with Crippen LogP contribution in [0.5, 0.6) is 0 Å². The van der Waals surface area contributed by atoms with Gasteiger partial charge in [-0.1, -0.05) is 39.9 Å². The quantitative estimate of drug-likeness (QED) is 0.779. The minimum Gasteiger partial charge on any atom is -0.392 e. The average Bonchev–Trinajstić information content (AvgIpc) is 2.15. The molecule has 0 aliphatic rings. The summed E-state index contributed by atoms with van der Waals surface area (Å²) in [6, 6.07) is 3.69.